The van der Waals surface area contributed by atoms with Gasteiger partial charge in [-0.2, -0.15) is 5.10 Å². The molecule has 0 saturated carbocycles. The number of halogens is 1. The fourth-order valence-electron chi connectivity index (χ4n) is 4.76. The zero-order valence-corrected chi connectivity index (χ0v) is 15.5. The van der Waals surface area contributed by atoms with Crippen LogP contribution in [0.5, 0.6) is 0 Å². The largest absolute Gasteiger partial charge is 0.374 e. The molecule has 5 heteroatoms. The quantitative estimate of drug-likeness (QED) is 0.702. The van der Waals surface area contributed by atoms with E-state index in [2.05, 4.69) is 23.5 Å². The van der Waals surface area contributed by atoms with E-state index in [0.29, 0.717) is 30.7 Å². The number of fused-ring (bicyclic) bond motifs is 3. The molecule has 140 valence electrons. The summed E-state index contributed by atoms with van der Waals surface area (Å²) in [7, 11) is 0. The third-order valence-electron chi connectivity index (χ3n) is 5.90. The van der Waals surface area contributed by atoms with Gasteiger partial charge in [-0.3, -0.25) is 9.58 Å². The van der Waals surface area contributed by atoms with Gasteiger partial charge >= 0.3 is 0 Å². The Labute approximate surface area is 154 Å². The van der Waals surface area contributed by atoms with Gasteiger partial charge in [-0.15, -0.1) is 6.58 Å². The molecule has 3 unspecified atom stereocenters. The van der Waals surface area contributed by atoms with E-state index < -0.39 is 0 Å². The highest BCUT2D eigenvalue weighted by Gasteiger charge is 2.41. The molecule has 4 nitrogen and oxygen atoms in total. The number of aromatic nitrogens is 2. The minimum atomic E-state index is -0.202. The molecule has 2 aromatic rings. The molecule has 4 rings (SSSR count). The van der Waals surface area contributed by atoms with Crippen LogP contribution in [0.2, 0.25) is 0 Å². The van der Waals surface area contributed by atoms with Crippen LogP contribution in [-0.4, -0.2) is 46.0 Å². The number of hydrogen-bond acceptors (Lipinski definition) is 3. The lowest BCUT2D eigenvalue weighted by Gasteiger charge is -2.40. The van der Waals surface area contributed by atoms with Crippen molar-refractivity contribution in [1.82, 2.24) is 14.7 Å². The second-order valence-electron chi connectivity index (χ2n) is 7.93. The minimum Gasteiger partial charge on any atom is -0.374 e. The topological polar surface area (TPSA) is 30.3 Å². The number of nitrogens with zero attached hydrogens (tertiary/aromatic N) is 3. The van der Waals surface area contributed by atoms with Gasteiger partial charge in [0.2, 0.25) is 0 Å². The Bertz CT molecular complexity index is 760. The van der Waals surface area contributed by atoms with Gasteiger partial charge in [0.05, 0.1) is 24.4 Å². The first-order valence-electron chi connectivity index (χ1n) is 9.73. The second kappa shape index (κ2) is 7.49. The van der Waals surface area contributed by atoms with E-state index in [4.69, 9.17) is 4.74 Å². The molecule has 0 radical (unpaired) electrons. The van der Waals surface area contributed by atoms with Crippen molar-refractivity contribution in [3.8, 4) is 0 Å². The molecule has 1 aromatic carbocycles. The highest BCUT2D eigenvalue weighted by atomic mass is 19.1. The van der Waals surface area contributed by atoms with Gasteiger partial charge in [-0.25, -0.2) is 4.39 Å². The van der Waals surface area contributed by atoms with Gasteiger partial charge in [0.25, 0.3) is 0 Å². The predicted molar refractivity (Wildman–Crippen MR) is 102 cm³/mol. The van der Waals surface area contributed by atoms with Crippen molar-refractivity contribution in [2.45, 2.75) is 57.3 Å². The molecule has 2 aliphatic heterocycles. The summed E-state index contributed by atoms with van der Waals surface area (Å²) >= 11 is 0. The Morgan fingerprint density at radius 1 is 1.31 bits per heavy atom. The van der Waals surface area contributed by atoms with E-state index in [9.17, 15) is 4.39 Å². The SMILES string of the molecule is C=CCOC1CC2CC[C@H](C1)N2CC(C)Cn1ncc2ccc(F)cc21. The molecular formula is C21H28FN3O. The summed E-state index contributed by atoms with van der Waals surface area (Å²) in [6, 6.07) is 6.15. The summed E-state index contributed by atoms with van der Waals surface area (Å²) in [4.78, 5) is 2.69. The number of hydrogen-bond donors (Lipinski definition) is 0. The fraction of sp³-hybridized carbons (Fsp3) is 0.571. The molecule has 0 spiro atoms. The van der Waals surface area contributed by atoms with Crippen LogP contribution in [0.1, 0.15) is 32.6 Å². The summed E-state index contributed by atoms with van der Waals surface area (Å²) in [6.07, 6.45) is 8.87. The lowest BCUT2D eigenvalue weighted by molar-refractivity contribution is -0.0134. The first-order valence-corrected chi connectivity index (χ1v) is 9.73. The maximum Gasteiger partial charge on any atom is 0.125 e. The molecule has 2 bridgehead atoms. The zero-order valence-electron chi connectivity index (χ0n) is 15.5. The van der Waals surface area contributed by atoms with Crippen molar-refractivity contribution in [3.63, 3.8) is 0 Å². The molecule has 2 saturated heterocycles. The van der Waals surface area contributed by atoms with Crippen molar-refractivity contribution in [3.05, 3.63) is 42.9 Å². The molecular weight excluding hydrogens is 329 g/mol. The van der Waals surface area contributed by atoms with Gasteiger partial charge in [0.1, 0.15) is 5.82 Å². The van der Waals surface area contributed by atoms with Crippen LogP contribution in [0.4, 0.5) is 4.39 Å². The summed E-state index contributed by atoms with van der Waals surface area (Å²) in [5.74, 6) is 0.265. The van der Waals surface area contributed by atoms with Crippen molar-refractivity contribution in [2.75, 3.05) is 13.2 Å². The highest BCUT2D eigenvalue weighted by Crippen LogP contribution is 2.37. The first-order chi connectivity index (χ1) is 12.6. The molecule has 0 aliphatic carbocycles. The molecule has 26 heavy (non-hydrogen) atoms. The Morgan fingerprint density at radius 3 is 2.81 bits per heavy atom. The van der Waals surface area contributed by atoms with Crippen LogP contribution >= 0.6 is 0 Å². The van der Waals surface area contributed by atoms with Crippen LogP contribution in [-0.2, 0) is 11.3 Å². The maximum absolute atomic E-state index is 13.6. The monoisotopic (exact) mass is 357 g/mol. The number of rotatable bonds is 7. The van der Waals surface area contributed by atoms with Crippen molar-refractivity contribution < 1.29 is 9.13 Å². The van der Waals surface area contributed by atoms with Crippen LogP contribution in [0.3, 0.4) is 0 Å². The maximum atomic E-state index is 13.6. The smallest absolute Gasteiger partial charge is 0.125 e. The standard InChI is InChI=1S/C21H28FN3O/c1-3-8-26-20-10-18-6-7-19(11-20)24(18)13-15(2)14-25-21-9-17(22)5-4-16(21)12-23-25/h3-5,9,12,15,18-20H,1,6-8,10-11,13-14H2,2H3/t15?,18-,19?,20?/m1/s1. The van der Waals surface area contributed by atoms with E-state index in [-0.39, 0.29) is 5.82 Å². The normalized spacial score (nSPS) is 27.1. The van der Waals surface area contributed by atoms with Crippen LogP contribution in [0.15, 0.2) is 37.1 Å². The minimum absolute atomic E-state index is 0.202. The van der Waals surface area contributed by atoms with Gasteiger partial charge in [0, 0.05) is 30.6 Å². The average Bonchev–Trinajstić information content (AvgIpc) is 3.10. The lowest BCUT2D eigenvalue weighted by atomic mass is 9.98. The molecule has 0 N–H and O–H groups in total. The van der Waals surface area contributed by atoms with E-state index in [0.717, 1.165) is 36.8 Å². The third-order valence-corrected chi connectivity index (χ3v) is 5.90. The Kier molecular flexibility index (Phi) is 5.09. The summed E-state index contributed by atoms with van der Waals surface area (Å²) < 4.78 is 21.4. The molecule has 3 heterocycles. The van der Waals surface area contributed by atoms with Gasteiger partial charge in [-0.1, -0.05) is 13.0 Å². The predicted octanol–water partition coefficient (Wildman–Crippen LogP) is 4.01. The van der Waals surface area contributed by atoms with Crippen molar-refractivity contribution in [1.29, 1.82) is 0 Å². The fourth-order valence-corrected chi connectivity index (χ4v) is 4.76. The van der Waals surface area contributed by atoms with Crippen LogP contribution in [0, 0.1) is 11.7 Å². The zero-order chi connectivity index (χ0) is 18.1. The third kappa shape index (κ3) is 3.55. The number of ether oxygens (including phenoxy) is 1. The molecule has 1 aromatic heterocycles. The van der Waals surface area contributed by atoms with E-state index in [1.165, 1.54) is 18.9 Å². The van der Waals surface area contributed by atoms with E-state index in [1.54, 1.807) is 12.1 Å². The Hall–Kier alpha value is -1.72. The summed E-state index contributed by atoms with van der Waals surface area (Å²) in [5.41, 5.74) is 0.886. The summed E-state index contributed by atoms with van der Waals surface area (Å²) in [5, 5.41) is 5.47. The number of benzene rings is 1. The average molecular weight is 357 g/mol. The van der Waals surface area contributed by atoms with Gasteiger partial charge in [-0.05, 0) is 49.8 Å². The van der Waals surface area contributed by atoms with Gasteiger partial charge < -0.3 is 4.74 Å². The molecule has 0 amide bonds. The van der Waals surface area contributed by atoms with Gasteiger partial charge in [0.15, 0.2) is 0 Å². The number of piperidine rings is 1. The van der Waals surface area contributed by atoms with Crippen LogP contribution in [0.25, 0.3) is 10.9 Å². The van der Waals surface area contributed by atoms with Crippen molar-refractivity contribution in [2.24, 2.45) is 5.92 Å². The van der Waals surface area contributed by atoms with Crippen LogP contribution < -0.4 is 0 Å². The summed E-state index contributed by atoms with van der Waals surface area (Å²) in [6.45, 7) is 8.56. The van der Waals surface area contributed by atoms with Crippen molar-refractivity contribution >= 4 is 10.9 Å². The molecule has 4 atom stereocenters. The van der Waals surface area contributed by atoms with E-state index >= 15 is 0 Å². The first kappa shape index (κ1) is 17.7. The Morgan fingerprint density at radius 2 is 2.08 bits per heavy atom. The Balaban J connectivity index is 1.38. The highest BCUT2D eigenvalue weighted by molar-refractivity contribution is 5.78. The van der Waals surface area contributed by atoms with E-state index in [1.807, 2.05) is 17.0 Å². The lowest BCUT2D eigenvalue weighted by Crippen LogP contribution is -2.47. The molecule has 2 fully saturated rings. The molecule has 2 aliphatic rings. The second-order valence-corrected chi connectivity index (χ2v) is 7.93.